The number of aliphatic carboxylic acids is 1. The fourth-order valence-corrected chi connectivity index (χ4v) is 0.360. The lowest BCUT2D eigenvalue weighted by Crippen LogP contribution is -2.04. The van der Waals surface area contributed by atoms with Gasteiger partial charge >= 0.3 is 5.97 Å². The second-order valence-corrected chi connectivity index (χ2v) is 2.18. The van der Waals surface area contributed by atoms with Gasteiger partial charge in [0.15, 0.2) is 0 Å². The summed E-state index contributed by atoms with van der Waals surface area (Å²) in [6.45, 7) is 3.04. The number of carboxylic acid groups (broad SMARTS) is 1. The van der Waals surface area contributed by atoms with Crippen molar-refractivity contribution in [2.75, 3.05) is 0 Å². The summed E-state index contributed by atoms with van der Waals surface area (Å²) in [6.07, 6.45) is 0. The van der Waals surface area contributed by atoms with Gasteiger partial charge in [-0.2, -0.15) is 0 Å². The Bertz CT molecular complexity index is 163. The van der Waals surface area contributed by atoms with Crippen molar-refractivity contribution in [1.29, 1.82) is 0 Å². The van der Waals surface area contributed by atoms with Gasteiger partial charge in [-0.15, -0.1) is 0 Å². The molecule has 0 saturated carbocycles. The summed E-state index contributed by atoms with van der Waals surface area (Å²) in [7, 11) is 0. The molecule has 0 unspecified atom stereocenters. The predicted molar refractivity (Wildman–Crippen MR) is 39.4 cm³/mol. The molecule has 0 aliphatic rings. The van der Waals surface area contributed by atoms with Crippen LogP contribution in [0.3, 0.4) is 0 Å². The van der Waals surface area contributed by atoms with Gasteiger partial charge in [0, 0.05) is 0 Å². The molecule has 3 nitrogen and oxygen atoms in total. The van der Waals surface area contributed by atoms with Gasteiger partial charge in [0.1, 0.15) is 0 Å². The molecule has 0 bridgehead atoms. The molecule has 0 aromatic carbocycles. The van der Waals surface area contributed by atoms with Crippen LogP contribution in [0.1, 0.15) is 0 Å². The molecular weight excluding hydrogens is 160 g/mol. The molecule has 5 heteroatoms. The molecule has 0 aromatic rings. The Labute approximate surface area is 62.7 Å². The lowest BCUT2D eigenvalue weighted by Gasteiger charge is -1.97. The first-order chi connectivity index (χ1) is 4.04. The third kappa shape index (κ3) is 3.99. The smallest absolute Gasteiger partial charge is 0.371 e. The number of thiocarbonyl (C=S) groups is 1. The number of hydrogen-bond acceptors (Lipinski definition) is 3. The second-order valence-electron chi connectivity index (χ2n) is 1.10. The Morgan fingerprint density at radius 2 is 2.22 bits per heavy atom. The van der Waals surface area contributed by atoms with E-state index in [2.05, 4.69) is 36.2 Å². The molecule has 0 amide bonds. The van der Waals surface area contributed by atoms with Crippen LogP contribution >= 0.6 is 24.8 Å². The van der Waals surface area contributed by atoms with E-state index in [4.69, 9.17) is 5.11 Å². The van der Waals surface area contributed by atoms with Crippen LogP contribution in [0.4, 0.5) is 0 Å². The zero-order valence-electron chi connectivity index (χ0n) is 4.33. The first kappa shape index (κ1) is 8.45. The zero-order chi connectivity index (χ0) is 7.44. The number of ether oxygens (including phenoxy) is 1. The minimum absolute atomic E-state index is 0.151. The number of hydrogen-bond donors (Lipinski definition) is 2. The summed E-state index contributed by atoms with van der Waals surface area (Å²) in [6, 6.07) is 0. The number of thiol groups is 1. The van der Waals surface area contributed by atoms with Gasteiger partial charge in [0.25, 0.3) is 0 Å². The normalized spacial score (nSPS) is 8.11. The summed E-state index contributed by atoms with van der Waals surface area (Å²) in [5, 5.41) is 8.11. The predicted octanol–water partition coefficient (Wildman–Crippen LogP) is 0.816. The van der Waals surface area contributed by atoms with E-state index < -0.39 is 11.7 Å². The van der Waals surface area contributed by atoms with E-state index in [0.717, 1.165) is 0 Å². The van der Waals surface area contributed by atoms with Gasteiger partial charge in [-0.05, 0) is 18.8 Å². The quantitative estimate of drug-likeness (QED) is 0.274. The maximum Gasteiger partial charge on any atom is 0.371 e. The lowest BCUT2D eigenvalue weighted by atomic mass is 10.6. The molecule has 0 fully saturated rings. The Morgan fingerprint density at radius 1 is 1.78 bits per heavy atom. The van der Waals surface area contributed by atoms with Gasteiger partial charge in [-0.3, -0.25) is 0 Å². The summed E-state index contributed by atoms with van der Waals surface area (Å²) >= 11 is 7.83. The minimum Gasteiger partial charge on any atom is -0.475 e. The van der Waals surface area contributed by atoms with Gasteiger partial charge in [-0.25, -0.2) is 4.79 Å². The average Bonchev–Trinajstić information content (AvgIpc) is 1.63. The molecule has 0 rings (SSSR count). The van der Waals surface area contributed by atoms with Crippen molar-refractivity contribution in [3.05, 3.63) is 12.3 Å². The van der Waals surface area contributed by atoms with Crippen LogP contribution in [0.25, 0.3) is 0 Å². The highest BCUT2D eigenvalue weighted by Crippen LogP contribution is 1.97. The Kier molecular flexibility index (Phi) is 3.26. The van der Waals surface area contributed by atoms with Crippen molar-refractivity contribution in [3.63, 3.8) is 0 Å². The van der Waals surface area contributed by atoms with E-state index in [9.17, 15) is 4.79 Å². The van der Waals surface area contributed by atoms with E-state index in [1.54, 1.807) is 0 Å². The van der Waals surface area contributed by atoms with Crippen molar-refractivity contribution < 1.29 is 14.6 Å². The Balaban J connectivity index is 3.79. The van der Waals surface area contributed by atoms with Crippen LogP contribution in [0, 0.1) is 0 Å². The molecule has 0 atom stereocenters. The molecule has 0 saturated heterocycles. The summed E-state index contributed by atoms with van der Waals surface area (Å²) in [4.78, 5) is 9.92. The van der Waals surface area contributed by atoms with E-state index in [0.29, 0.717) is 0 Å². The highest BCUT2D eigenvalue weighted by atomic mass is 32.1. The minimum atomic E-state index is -1.24. The first-order valence-electron chi connectivity index (χ1n) is 1.87. The molecule has 0 aromatic heterocycles. The molecule has 0 aliphatic heterocycles. The maximum atomic E-state index is 9.92. The Morgan fingerprint density at radius 3 is 2.33 bits per heavy atom. The first-order valence-corrected chi connectivity index (χ1v) is 2.72. The third-order valence-electron chi connectivity index (χ3n) is 0.449. The van der Waals surface area contributed by atoms with Crippen LogP contribution < -0.4 is 0 Å². The molecule has 0 radical (unpaired) electrons. The zero-order valence-corrected chi connectivity index (χ0v) is 6.04. The van der Waals surface area contributed by atoms with E-state index in [1.165, 1.54) is 0 Å². The highest BCUT2D eigenvalue weighted by Gasteiger charge is 2.04. The van der Waals surface area contributed by atoms with E-state index in [-0.39, 0.29) is 4.38 Å². The number of rotatable bonds is 2. The van der Waals surface area contributed by atoms with E-state index >= 15 is 0 Å². The number of carbonyl (C=O) groups is 1. The van der Waals surface area contributed by atoms with Crippen LogP contribution in [-0.2, 0) is 9.53 Å². The van der Waals surface area contributed by atoms with E-state index in [1.807, 2.05) is 0 Å². The summed E-state index contributed by atoms with van der Waals surface area (Å²) in [5.74, 6) is -1.67. The molecule has 0 spiro atoms. The fraction of sp³-hybridized carbons (Fsp3) is 0. The maximum absolute atomic E-state index is 9.92. The molecule has 0 aliphatic carbocycles. The van der Waals surface area contributed by atoms with Crippen molar-refractivity contribution in [2.24, 2.45) is 0 Å². The van der Waals surface area contributed by atoms with Gasteiger partial charge in [0.2, 0.25) is 10.1 Å². The monoisotopic (exact) mass is 164 g/mol. The summed E-state index contributed by atoms with van der Waals surface area (Å²) < 4.78 is 4.16. The fourth-order valence-electron chi connectivity index (χ4n) is 0.149. The SMILES string of the molecule is C=C(OC(=S)S)C(=O)O. The van der Waals surface area contributed by atoms with Crippen LogP contribution in [0.15, 0.2) is 12.3 Å². The topological polar surface area (TPSA) is 46.5 Å². The van der Waals surface area contributed by atoms with Crippen LogP contribution in [-0.4, -0.2) is 15.5 Å². The second kappa shape index (κ2) is 3.47. The lowest BCUT2D eigenvalue weighted by molar-refractivity contribution is -0.135. The molecule has 50 valence electrons. The van der Waals surface area contributed by atoms with Crippen molar-refractivity contribution in [1.82, 2.24) is 0 Å². The van der Waals surface area contributed by atoms with Crippen molar-refractivity contribution in [3.8, 4) is 0 Å². The molecular formula is C4H4O3S2. The van der Waals surface area contributed by atoms with Crippen molar-refractivity contribution in [2.45, 2.75) is 0 Å². The summed E-state index contributed by atoms with van der Waals surface area (Å²) in [5.41, 5.74) is 0. The Hall–Kier alpha value is -0.550. The standard InChI is InChI=1S/C4H4O3S2/c1-2(3(5)6)7-4(8)9/h1H2,(H,5,6)(H,8,9). The molecule has 1 N–H and O–H groups in total. The average molecular weight is 164 g/mol. The third-order valence-corrected chi connectivity index (χ3v) is 0.624. The largest absolute Gasteiger partial charge is 0.475 e. The van der Waals surface area contributed by atoms with Gasteiger partial charge in [0.05, 0.1) is 0 Å². The van der Waals surface area contributed by atoms with Gasteiger partial charge in [-0.1, -0.05) is 12.6 Å². The molecule has 0 heterocycles. The van der Waals surface area contributed by atoms with Crippen molar-refractivity contribution >= 4 is 35.2 Å². The van der Waals surface area contributed by atoms with Crippen LogP contribution in [0.2, 0.25) is 0 Å². The van der Waals surface area contributed by atoms with Gasteiger partial charge < -0.3 is 9.84 Å². The number of carboxylic acids is 1. The molecule has 9 heavy (non-hydrogen) atoms. The highest BCUT2D eigenvalue weighted by molar-refractivity contribution is 8.10. The van der Waals surface area contributed by atoms with Crippen LogP contribution in [0.5, 0.6) is 0 Å².